The molecular formula is C7H20Si2. The Morgan fingerprint density at radius 2 is 1.44 bits per heavy atom. The van der Waals surface area contributed by atoms with E-state index < -0.39 is 7.59 Å². The van der Waals surface area contributed by atoms with Crippen LogP contribution in [0.2, 0.25) is 24.7 Å². The lowest BCUT2D eigenvalue weighted by atomic mass is 10.2. The van der Waals surface area contributed by atoms with E-state index in [1.807, 2.05) is 0 Å². The van der Waals surface area contributed by atoms with Crippen molar-refractivity contribution in [2.24, 2.45) is 0 Å². The van der Waals surface area contributed by atoms with E-state index in [-0.39, 0.29) is 9.04 Å². The lowest BCUT2D eigenvalue weighted by Crippen LogP contribution is -2.42. The van der Waals surface area contributed by atoms with Gasteiger partial charge in [0.2, 0.25) is 0 Å². The first-order valence-electron chi connectivity index (χ1n) is 3.81. The molecule has 0 unspecified atom stereocenters. The summed E-state index contributed by atoms with van der Waals surface area (Å²) in [5.41, 5.74) is 0. The van der Waals surface area contributed by atoms with Crippen LogP contribution in [0.15, 0.2) is 0 Å². The minimum atomic E-state index is -0.740. The fourth-order valence-corrected chi connectivity index (χ4v) is 4.77. The highest BCUT2D eigenvalue weighted by molar-refractivity contribution is 7.24. The van der Waals surface area contributed by atoms with Crippen molar-refractivity contribution in [2.45, 2.75) is 45.5 Å². The van der Waals surface area contributed by atoms with Crippen LogP contribution >= 0.6 is 0 Å². The molecule has 0 atom stereocenters. The smallest absolute Gasteiger partial charge is 0.0391 e. The summed E-state index contributed by atoms with van der Waals surface area (Å²) in [7, 11) is -0.463. The van der Waals surface area contributed by atoms with Crippen molar-refractivity contribution in [3.05, 3.63) is 0 Å². The van der Waals surface area contributed by atoms with Gasteiger partial charge in [0.05, 0.1) is 0 Å². The molecule has 0 N–H and O–H groups in total. The number of rotatable bonds is 1. The molecule has 0 aliphatic carbocycles. The van der Waals surface area contributed by atoms with Crippen LogP contribution in [-0.4, -0.2) is 16.6 Å². The van der Waals surface area contributed by atoms with E-state index in [9.17, 15) is 0 Å². The molecule has 0 aromatic carbocycles. The Labute approximate surface area is 62.7 Å². The Bertz CT molecular complexity index is 89.6. The van der Waals surface area contributed by atoms with Crippen LogP contribution in [0.1, 0.15) is 20.8 Å². The van der Waals surface area contributed by atoms with Gasteiger partial charge in [-0.2, -0.15) is 0 Å². The van der Waals surface area contributed by atoms with E-state index in [0.29, 0.717) is 5.04 Å². The molecule has 0 heterocycles. The Morgan fingerprint density at radius 3 is 1.44 bits per heavy atom. The van der Waals surface area contributed by atoms with Gasteiger partial charge in [-0.05, 0) is 5.04 Å². The summed E-state index contributed by atoms with van der Waals surface area (Å²) < 4.78 is 0. The van der Waals surface area contributed by atoms with Gasteiger partial charge >= 0.3 is 0 Å². The van der Waals surface area contributed by atoms with Crippen LogP contribution in [0, 0.1) is 0 Å². The summed E-state index contributed by atoms with van der Waals surface area (Å²) in [6.07, 6.45) is 0. The third kappa shape index (κ3) is 2.26. The molecule has 9 heavy (non-hydrogen) atoms. The monoisotopic (exact) mass is 160 g/mol. The second-order valence-corrected chi connectivity index (χ2v) is 17.9. The molecule has 0 amide bonds. The summed E-state index contributed by atoms with van der Waals surface area (Å²) in [6, 6.07) is 0. The number of hydrogen-bond acceptors (Lipinski definition) is 0. The lowest BCUT2D eigenvalue weighted by Gasteiger charge is -2.35. The SMILES string of the molecule is C[SiH2][Si](C)(C)C(C)(C)C. The van der Waals surface area contributed by atoms with Crippen LogP contribution in [0.25, 0.3) is 0 Å². The Hall–Kier alpha value is 0.434. The summed E-state index contributed by atoms with van der Waals surface area (Å²) in [5.74, 6) is 0. The van der Waals surface area contributed by atoms with E-state index in [1.165, 1.54) is 0 Å². The van der Waals surface area contributed by atoms with Crippen LogP contribution in [0.3, 0.4) is 0 Å². The van der Waals surface area contributed by atoms with E-state index in [2.05, 4.69) is 40.4 Å². The quantitative estimate of drug-likeness (QED) is 0.516. The maximum atomic E-state index is 2.53. The molecule has 0 radical (unpaired) electrons. The van der Waals surface area contributed by atoms with Gasteiger partial charge in [-0.25, -0.2) is 0 Å². The molecular weight excluding hydrogens is 140 g/mol. The minimum absolute atomic E-state index is 0.277. The standard InChI is InChI=1S/C7H20Si2/c1-7(2,3)9(5,6)8-4/h8H2,1-6H3. The molecule has 2 heteroatoms. The Morgan fingerprint density at radius 1 is 1.11 bits per heavy atom. The average Bonchev–Trinajstić information content (AvgIpc) is 1.64. The molecule has 0 aromatic heterocycles. The van der Waals surface area contributed by atoms with Gasteiger partial charge in [-0.15, -0.1) is 0 Å². The highest BCUT2D eigenvalue weighted by Gasteiger charge is 2.32. The van der Waals surface area contributed by atoms with E-state index in [1.54, 1.807) is 0 Å². The van der Waals surface area contributed by atoms with Crippen molar-refractivity contribution in [1.82, 2.24) is 0 Å². The molecule has 0 aliphatic heterocycles. The Kier molecular flexibility index (Phi) is 2.71. The maximum absolute atomic E-state index is 2.53. The van der Waals surface area contributed by atoms with Crippen LogP contribution in [0.5, 0.6) is 0 Å². The predicted molar refractivity (Wildman–Crippen MR) is 51.6 cm³/mol. The number of hydrogen-bond donors (Lipinski definition) is 0. The van der Waals surface area contributed by atoms with E-state index in [0.717, 1.165) is 0 Å². The molecule has 56 valence electrons. The first-order chi connectivity index (χ1) is 3.81. The summed E-state index contributed by atoms with van der Waals surface area (Å²) in [5, 5.41) is 0.647. The first kappa shape index (κ1) is 9.43. The van der Waals surface area contributed by atoms with Gasteiger partial charge in [0.25, 0.3) is 0 Å². The predicted octanol–water partition coefficient (Wildman–Crippen LogP) is 2.21. The molecule has 0 saturated carbocycles. The molecule has 0 rings (SSSR count). The van der Waals surface area contributed by atoms with Gasteiger partial charge in [-0.3, -0.25) is 0 Å². The van der Waals surface area contributed by atoms with Gasteiger partial charge < -0.3 is 0 Å². The molecule has 0 saturated heterocycles. The average molecular weight is 160 g/mol. The van der Waals surface area contributed by atoms with E-state index >= 15 is 0 Å². The van der Waals surface area contributed by atoms with Crippen molar-refractivity contribution < 1.29 is 0 Å². The second kappa shape index (κ2) is 2.58. The third-order valence-corrected chi connectivity index (χ3v) is 17.2. The minimum Gasteiger partial charge on any atom is -0.0766 e. The molecule has 0 nitrogen and oxygen atoms in total. The summed E-state index contributed by atoms with van der Waals surface area (Å²) >= 11 is 0. The molecule has 0 spiro atoms. The zero-order valence-electron chi connectivity index (χ0n) is 7.71. The van der Waals surface area contributed by atoms with Crippen LogP contribution in [-0.2, 0) is 0 Å². The lowest BCUT2D eigenvalue weighted by molar-refractivity contribution is 0.734. The second-order valence-electron chi connectivity index (χ2n) is 4.49. The first-order valence-corrected chi connectivity index (χ1v) is 10.6. The van der Waals surface area contributed by atoms with Crippen molar-refractivity contribution >= 4 is 16.6 Å². The topological polar surface area (TPSA) is 0 Å². The van der Waals surface area contributed by atoms with Crippen molar-refractivity contribution in [2.75, 3.05) is 0 Å². The van der Waals surface area contributed by atoms with Crippen LogP contribution < -0.4 is 0 Å². The zero-order valence-corrected chi connectivity index (χ0v) is 10.1. The third-order valence-electron chi connectivity index (χ3n) is 2.91. The molecule has 0 aromatic rings. The summed E-state index contributed by atoms with van der Waals surface area (Å²) in [6.45, 7) is 14.7. The fraction of sp³-hybridized carbons (Fsp3) is 1.00. The fourth-order valence-electron chi connectivity index (χ4n) is 0.530. The highest BCUT2D eigenvalue weighted by Crippen LogP contribution is 2.34. The van der Waals surface area contributed by atoms with Crippen LogP contribution in [0.4, 0.5) is 0 Å². The molecule has 0 aliphatic rings. The van der Waals surface area contributed by atoms with Crippen molar-refractivity contribution in [1.29, 1.82) is 0 Å². The van der Waals surface area contributed by atoms with Gasteiger partial charge in [0.1, 0.15) is 0 Å². The van der Waals surface area contributed by atoms with Gasteiger partial charge in [-0.1, -0.05) is 40.4 Å². The highest BCUT2D eigenvalue weighted by atomic mass is 29.2. The largest absolute Gasteiger partial charge is 0.0766 e. The maximum Gasteiger partial charge on any atom is 0.0391 e. The Balaban J connectivity index is 4.14. The molecule has 0 bridgehead atoms. The summed E-state index contributed by atoms with van der Waals surface area (Å²) in [4.78, 5) is 0. The normalized spacial score (nSPS) is 15.3. The van der Waals surface area contributed by atoms with Crippen molar-refractivity contribution in [3.8, 4) is 0 Å². The molecule has 0 fully saturated rings. The van der Waals surface area contributed by atoms with Gasteiger partial charge in [0, 0.05) is 16.6 Å². The van der Waals surface area contributed by atoms with Crippen molar-refractivity contribution in [3.63, 3.8) is 0 Å². The zero-order chi connectivity index (χ0) is 7.71. The van der Waals surface area contributed by atoms with E-state index in [4.69, 9.17) is 0 Å². The van der Waals surface area contributed by atoms with Gasteiger partial charge in [0.15, 0.2) is 0 Å².